The van der Waals surface area contributed by atoms with E-state index >= 15 is 0 Å². The minimum Gasteiger partial charge on any atom is -0.316 e. The van der Waals surface area contributed by atoms with Gasteiger partial charge in [-0.1, -0.05) is 31.2 Å². The molecule has 1 aliphatic rings. The molecule has 94 valence electrons. The second kappa shape index (κ2) is 4.69. The lowest BCUT2D eigenvalue weighted by Gasteiger charge is -2.38. The molecule has 1 unspecified atom stereocenters. The maximum Gasteiger partial charge on any atom is 0.0740 e. The van der Waals surface area contributed by atoms with Crippen molar-refractivity contribution in [2.75, 3.05) is 13.1 Å². The summed E-state index contributed by atoms with van der Waals surface area (Å²) in [5.74, 6) is 0. The number of nitrogens with zero attached hydrogens (tertiary/aromatic N) is 1. The van der Waals surface area contributed by atoms with Crippen LogP contribution in [0.15, 0.2) is 36.5 Å². The van der Waals surface area contributed by atoms with Crippen molar-refractivity contribution in [1.29, 1.82) is 0 Å². The third-order valence-corrected chi connectivity index (χ3v) is 4.35. The van der Waals surface area contributed by atoms with Crippen molar-refractivity contribution in [3.63, 3.8) is 0 Å². The van der Waals surface area contributed by atoms with Crippen molar-refractivity contribution in [3.8, 4) is 0 Å². The van der Waals surface area contributed by atoms with Crippen molar-refractivity contribution in [2.24, 2.45) is 0 Å². The van der Waals surface area contributed by atoms with Crippen LogP contribution in [0.1, 0.15) is 31.7 Å². The molecule has 0 aliphatic carbocycles. The van der Waals surface area contributed by atoms with Crippen LogP contribution in [0, 0.1) is 0 Å². The van der Waals surface area contributed by atoms with Gasteiger partial charge in [0.15, 0.2) is 0 Å². The Kier molecular flexibility index (Phi) is 3.04. The lowest BCUT2D eigenvalue weighted by molar-refractivity contribution is 0.304. The quantitative estimate of drug-likeness (QED) is 0.871. The summed E-state index contributed by atoms with van der Waals surface area (Å²) in [6, 6.07) is 10.8. The van der Waals surface area contributed by atoms with E-state index in [1.54, 1.807) is 0 Å². The van der Waals surface area contributed by atoms with Crippen molar-refractivity contribution < 1.29 is 0 Å². The van der Waals surface area contributed by atoms with E-state index in [-0.39, 0.29) is 5.41 Å². The molecule has 1 N–H and O–H groups in total. The minimum atomic E-state index is 0.270. The molecular formula is C16H20N2. The molecule has 3 rings (SSSR count). The van der Waals surface area contributed by atoms with Crippen molar-refractivity contribution >= 4 is 10.9 Å². The molecule has 0 saturated carbocycles. The fourth-order valence-corrected chi connectivity index (χ4v) is 3.22. The highest BCUT2D eigenvalue weighted by Crippen LogP contribution is 2.37. The fourth-order valence-electron chi connectivity index (χ4n) is 3.22. The molecule has 2 aromatic rings. The Balaban J connectivity index is 2.17. The summed E-state index contributed by atoms with van der Waals surface area (Å²) in [5, 5.41) is 4.82. The van der Waals surface area contributed by atoms with Crippen LogP contribution in [0.5, 0.6) is 0 Å². The summed E-state index contributed by atoms with van der Waals surface area (Å²) in [6.07, 6.45) is 5.62. The third-order valence-electron chi connectivity index (χ3n) is 4.35. The Morgan fingerprint density at radius 1 is 1.28 bits per heavy atom. The van der Waals surface area contributed by atoms with Crippen molar-refractivity contribution in [1.82, 2.24) is 10.3 Å². The maximum atomic E-state index is 4.62. The Hall–Kier alpha value is -1.41. The molecule has 2 heteroatoms. The van der Waals surface area contributed by atoms with Gasteiger partial charge in [0.1, 0.15) is 0 Å². The van der Waals surface area contributed by atoms with Crippen LogP contribution in [0.2, 0.25) is 0 Å². The van der Waals surface area contributed by atoms with Gasteiger partial charge < -0.3 is 5.32 Å². The predicted octanol–water partition coefficient (Wildman–Crippen LogP) is 3.27. The van der Waals surface area contributed by atoms with E-state index in [4.69, 9.17) is 0 Å². The smallest absolute Gasteiger partial charge is 0.0740 e. The molecular weight excluding hydrogens is 220 g/mol. The number of pyridine rings is 1. The third kappa shape index (κ3) is 1.81. The second-order valence-corrected chi connectivity index (χ2v) is 5.29. The van der Waals surface area contributed by atoms with Crippen LogP contribution in [0.3, 0.4) is 0 Å². The molecule has 0 amide bonds. The summed E-state index contributed by atoms with van der Waals surface area (Å²) in [5.41, 5.74) is 2.88. The van der Waals surface area contributed by atoms with Gasteiger partial charge in [-0.2, -0.15) is 0 Å². The first-order valence-electron chi connectivity index (χ1n) is 6.91. The zero-order chi connectivity index (χ0) is 12.4. The van der Waals surface area contributed by atoms with Crippen LogP contribution in [-0.4, -0.2) is 18.1 Å². The monoisotopic (exact) mass is 240 g/mol. The Morgan fingerprint density at radius 2 is 2.17 bits per heavy atom. The van der Waals surface area contributed by atoms with Gasteiger partial charge in [0.05, 0.1) is 5.52 Å². The molecule has 1 atom stereocenters. The number of piperidine rings is 1. The minimum absolute atomic E-state index is 0.270. The molecule has 18 heavy (non-hydrogen) atoms. The molecule has 2 heterocycles. The average Bonchev–Trinajstić information content (AvgIpc) is 2.47. The van der Waals surface area contributed by atoms with Crippen LogP contribution in [0.4, 0.5) is 0 Å². The van der Waals surface area contributed by atoms with Crippen LogP contribution >= 0.6 is 0 Å². The normalized spacial score (nSPS) is 24.3. The number of aromatic nitrogens is 1. The lowest BCUT2D eigenvalue weighted by atomic mass is 9.72. The van der Waals surface area contributed by atoms with E-state index in [2.05, 4.69) is 41.5 Å². The van der Waals surface area contributed by atoms with Crippen LogP contribution in [0.25, 0.3) is 10.9 Å². The van der Waals surface area contributed by atoms with E-state index in [1.165, 1.54) is 35.7 Å². The predicted molar refractivity (Wildman–Crippen MR) is 75.8 cm³/mol. The van der Waals surface area contributed by atoms with E-state index < -0.39 is 0 Å². The van der Waals surface area contributed by atoms with Gasteiger partial charge in [-0.05, 0) is 37.4 Å². The molecule has 2 nitrogen and oxygen atoms in total. The van der Waals surface area contributed by atoms with Gasteiger partial charge in [-0.15, -0.1) is 0 Å². The Bertz CT molecular complexity index is 536. The van der Waals surface area contributed by atoms with Gasteiger partial charge in [-0.3, -0.25) is 4.98 Å². The number of hydrogen-bond donors (Lipinski definition) is 1. The molecule has 1 saturated heterocycles. The zero-order valence-corrected chi connectivity index (χ0v) is 10.9. The van der Waals surface area contributed by atoms with Crippen molar-refractivity contribution in [2.45, 2.75) is 31.6 Å². The van der Waals surface area contributed by atoms with Gasteiger partial charge in [-0.25, -0.2) is 0 Å². The molecule has 1 fully saturated rings. The van der Waals surface area contributed by atoms with Gasteiger partial charge >= 0.3 is 0 Å². The average molecular weight is 240 g/mol. The number of hydrogen-bond acceptors (Lipinski definition) is 2. The molecule has 0 radical (unpaired) electrons. The first kappa shape index (κ1) is 11.7. The summed E-state index contributed by atoms with van der Waals surface area (Å²) in [4.78, 5) is 4.62. The number of fused-ring (bicyclic) bond motifs is 1. The van der Waals surface area contributed by atoms with Gasteiger partial charge in [0, 0.05) is 23.5 Å². The molecule has 1 aromatic heterocycles. The first-order chi connectivity index (χ1) is 8.86. The Labute approximate surface area is 108 Å². The van der Waals surface area contributed by atoms with Gasteiger partial charge in [0.2, 0.25) is 0 Å². The SMILES string of the molecule is CCC1(c2cccc3cccnc23)CCCNC1. The second-order valence-electron chi connectivity index (χ2n) is 5.29. The number of nitrogens with one attached hydrogen (secondary N) is 1. The first-order valence-corrected chi connectivity index (χ1v) is 6.91. The van der Waals surface area contributed by atoms with Crippen molar-refractivity contribution in [3.05, 3.63) is 42.1 Å². The van der Waals surface area contributed by atoms with E-state index in [0.717, 1.165) is 13.1 Å². The van der Waals surface area contributed by atoms with Crippen LogP contribution < -0.4 is 5.32 Å². The zero-order valence-electron chi connectivity index (χ0n) is 10.9. The summed E-state index contributed by atoms with van der Waals surface area (Å²) >= 11 is 0. The van der Waals surface area contributed by atoms with E-state index in [1.807, 2.05) is 12.3 Å². The van der Waals surface area contributed by atoms with Gasteiger partial charge in [0.25, 0.3) is 0 Å². The van der Waals surface area contributed by atoms with Crippen LogP contribution in [-0.2, 0) is 5.41 Å². The number of rotatable bonds is 2. The van der Waals surface area contributed by atoms with E-state index in [9.17, 15) is 0 Å². The number of benzene rings is 1. The highest BCUT2D eigenvalue weighted by Gasteiger charge is 2.33. The fraction of sp³-hybridized carbons (Fsp3) is 0.438. The Morgan fingerprint density at radius 3 is 2.94 bits per heavy atom. The molecule has 1 aliphatic heterocycles. The lowest BCUT2D eigenvalue weighted by Crippen LogP contribution is -2.43. The summed E-state index contributed by atoms with van der Waals surface area (Å²) < 4.78 is 0. The summed E-state index contributed by atoms with van der Waals surface area (Å²) in [7, 11) is 0. The molecule has 0 spiro atoms. The summed E-state index contributed by atoms with van der Waals surface area (Å²) in [6.45, 7) is 4.54. The topological polar surface area (TPSA) is 24.9 Å². The number of para-hydroxylation sites is 1. The standard InChI is InChI=1S/C16H20N2/c1-2-16(9-5-10-17-12-16)14-8-3-6-13-7-4-11-18-15(13)14/h3-4,6-8,11,17H,2,5,9-10,12H2,1H3. The molecule has 1 aromatic carbocycles. The van der Waals surface area contributed by atoms with E-state index in [0.29, 0.717) is 0 Å². The highest BCUT2D eigenvalue weighted by atomic mass is 14.9. The largest absolute Gasteiger partial charge is 0.316 e. The maximum absolute atomic E-state index is 4.62. The molecule has 0 bridgehead atoms. The highest BCUT2D eigenvalue weighted by molar-refractivity contribution is 5.82.